The molecule has 2 aromatic heterocycles. The minimum absolute atomic E-state index is 0.0111. The Balaban J connectivity index is 1.72. The molecule has 3 heterocycles. The predicted molar refractivity (Wildman–Crippen MR) is 96.2 cm³/mol. The third-order valence-electron chi connectivity index (χ3n) is 4.23. The first-order chi connectivity index (χ1) is 12.0. The lowest BCUT2D eigenvalue weighted by Crippen LogP contribution is -2.56. The first kappa shape index (κ1) is 17.3. The first-order valence-electron chi connectivity index (χ1n) is 8.20. The molecule has 1 saturated heterocycles. The van der Waals surface area contributed by atoms with Crippen LogP contribution in [-0.2, 0) is 16.1 Å². The van der Waals surface area contributed by atoms with Gasteiger partial charge >= 0.3 is 0 Å². The number of carbonyl (C=O) groups is 2. The molecule has 2 amide bonds. The highest BCUT2D eigenvalue weighted by Crippen LogP contribution is 2.20. The van der Waals surface area contributed by atoms with Gasteiger partial charge in [-0.1, -0.05) is 13.5 Å². The second-order valence-corrected chi connectivity index (χ2v) is 6.97. The van der Waals surface area contributed by atoms with E-state index in [2.05, 4.69) is 16.5 Å². The van der Waals surface area contributed by atoms with Gasteiger partial charge in [0, 0.05) is 19.6 Å². The molecule has 1 aliphatic heterocycles. The minimum atomic E-state index is -0.202. The number of aromatic nitrogens is 2. The van der Waals surface area contributed by atoms with E-state index in [1.165, 1.54) is 17.4 Å². The van der Waals surface area contributed by atoms with Crippen LogP contribution in [0, 0.1) is 5.92 Å². The molecular weight excluding hydrogens is 340 g/mol. The fourth-order valence-electron chi connectivity index (χ4n) is 2.92. The molecule has 2 aromatic rings. The Hall–Kier alpha value is -2.48. The van der Waals surface area contributed by atoms with Gasteiger partial charge in [0.15, 0.2) is 0 Å². The predicted octanol–water partition coefficient (Wildman–Crippen LogP) is 1.37. The van der Waals surface area contributed by atoms with Gasteiger partial charge in [0.1, 0.15) is 10.5 Å². The summed E-state index contributed by atoms with van der Waals surface area (Å²) in [5, 5.41) is 1.82. The largest absolute Gasteiger partial charge is 0.337 e. The lowest BCUT2D eigenvalue weighted by molar-refractivity contribution is -0.146. The van der Waals surface area contributed by atoms with E-state index in [0.717, 1.165) is 6.42 Å². The van der Waals surface area contributed by atoms with Crippen LogP contribution in [0.2, 0.25) is 0 Å². The summed E-state index contributed by atoms with van der Waals surface area (Å²) in [5.74, 6) is 0.117. The number of nitrogens with one attached hydrogen (secondary N) is 1. The second-order valence-electron chi connectivity index (χ2n) is 6.05. The monoisotopic (exact) mass is 360 g/mol. The van der Waals surface area contributed by atoms with Crippen molar-refractivity contribution in [3.05, 3.63) is 40.3 Å². The number of nitrogens with zero attached hydrogens (tertiary/aromatic N) is 3. The van der Waals surface area contributed by atoms with Crippen LogP contribution in [0.3, 0.4) is 0 Å². The fourth-order valence-corrected chi connectivity index (χ4v) is 3.64. The SMILES string of the molecule is C=CC(=O)N1CC(C(=O)N(CCC)Cc2nc3ccsc3c(=O)[nH]2)C1. The van der Waals surface area contributed by atoms with Crippen LogP contribution in [0.4, 0.5) is 0 Å². The summed E-state index contributed by atoms with van der Waals surface area (Å²) in [7, 11) is 0. The van der Waals surface area contributed by atoms with Crippen LogP contribution in [0.5, 0.6) is 0 Å². The highest BCUT2D eigenvalue weighted by molar-refractivity contribution is 7.17. The van der Waals surface area contributed by atoms with E-state index in [-0.39, 0.29) is 29.8 Å². The molecular formula is C17H20N4O3S. The number of H-pyrrole nitrogens is 1. The summed E-state index contributed by atoms with van der Waals surface area (Å²) < 4.78 is 0.592. The maximum Gasteiger partial charge on any atom is 0.268 e. The average Bonchev–Trinajstić information content (AvgIpc) is 3.01. The standard InChI is InChI=1S/C17H20N4O3S/c1-3-6-20(17(24)11-8-21(9-11)14(22)4-2)10-13-18-12-5-7-25-15(12)16(23)19-13/h4-5,7,11H,2-3,6,8-10H2,1H3,(H,18,19,23). The van der Waals surface area contributed by atoms with E-state index >= 15 is 0 Å². The number of thiophene rings is 1. The molecule has 0 radical (unpaired) electrons. The zero-order valence-electron chi connectivity index (χ0n) is 14.0. The van der Waals surface area contributed by atoms with Gasteiger partial charge in [0.2, 0.25) is 11.8 Å². The Labute approximate surface area is 149 Å². The Kier molecular flexibility index (Phi) is 4.98. The quantitative estimate of drug-likeness (QED) is 0.788. The third-order valence-corrected chi connectivity index (χ3v) is 5.13. The van der Waals surface area contributed by atoms with Crippen molar-refractivity contribution in [2.75, 3.05) is 19.6 Å². The zero-order valence-corrected chi connectivity index (χ0v) is 14.8. The summed E-state index contributed by atoms with van der Waals surface area (Å²) >= 11 is 1.35. The number of aromatic amines is 1. The Morgan fingerprint density at radius 2 is 2.28 bits per heavy atom. The lowest BCUT2D eigenvalue weighted by Gasteiger charge is -2.40. The number of rotatable bonds is 6. The molecule has 132 valence electrons. The third kappa shape index (κ3) is 3.48. The topological polar surface area (TPSA) is 86.4 Å². The molecule has 0 spiro atoms. The van der Waals surface area contributed by atoms with Crippen molar-refractivity contribution < 1.29 is 9.59 Å². The molecule has 0 atom stereocenters. The van der Waals surface area contributed by atoms with E-state index in [1.54, 1.807) is 15.9 Å². The summed E-state index contributed by atoms with van der Waals surface area (Å²) in [6.45, 7) is 7.12. The van der Waals surface area contributed by atoms with Crippen molar-refractivity contribution in [1.82, 2.24) is 19.8 Å². The van der Waals surface area contributed by atoms with Gasteiger partial charge in [-0.15, -0.1) is 11.3 Å². The molecule has 8 heteroatoms. The molecule has 0 unspecified atom stereocenters. The van der Waals surface area contributed by atoms with Gasteiger partial charge in [0.05, 0.1) is 18.0 Å². The molecule has 25 heavy (non-hydrogen) atoms. The van der Waals surface area contributed by atoms with Gasteiger partial charge in [-0.05, 0) is 23.9 Å². The molecule has 1 N–H and O–H groups in total. The van der Waals surface area contributed by atoms with Gasteiger partial charge in [-0.3, -0.25) is 14.4 Å². The first-order valence-corrected chi connectivity index (χ1v) is 9.08. The highest BCUT2D eigenvalue weighted by atomic mass is 32.1. The van der Waals surface area contributed by atoms with E-state index in [4.69, 9.17) is 0 Å². The molecule has 3 rings (SSSR count). The highest BCUT2D eigenvalue weighted by Gasteiger charge is 2.37. The van der Waals surface area contributed by atoms with Gasteiger partial charge < -0.3 is 14.8 Å². The minimum Gasteiger partial charge on any atom is -0.337 e. The van der Waals surface area contributed by atoms with Crippen molar-refractivity contribution in [2.24, 2.45) is 5.92 Å². The Morgan fingerprint density at radius 3 is 2.96 bits per heavy atom. The van der Waals surface area contributed by atoms with E-state index in [1.807, 2.05) is 12.3 Å². The molecule has 0 bridgehead atoms. The van der Waals surface area contributed by atoms with E-state index in [0.29, 0.717) is 35.7 Å². The van der Waals surface area contributed by atoms with Gasteiger partial charge in [-0.2, -0.15) is 0 Å². The smallest absolute Gasteiger partial charge is 0.268 e. The van der Waals surface area contributed by atoms with Crippen LogP contribution < -0.4 is 5.56 Å². The number of hydrogen-bond acceptors (Lipinski definition) is 5. The molecule has 1 fully saturated rings. The van der Waals surface area contributed by atoms with Crippen LogP contribution in [0.1, 0.15) is 19.2 Å². The summed E-state index contributed by atoms with van der Waals surface area (Å²) in [5.41, 5.74) is 0.476. The maximum atomic E-state index is 12.7. The molecule has 0 saturated carbocycles. The lowest BCUT2D eigenvalue weighted by atomic mass is 9.98. The van der Waals surface area contributed by atoms with E-state index in [9.17, 15) is 14.4 Å². The fraction of sp³-hybridized carbons (Fsp3) is 0.412. The molecule has 1 aliphatic rings. The Morgan fingerprint density at radius 1 is 1.52 bits per heavy atom. The van der Waals surface area contributed by atoms with Crippen molar-refractivity contribution in [1.29, 1.82) is 0 Å². The Bertz CT molecular complexity index is 866. The van der Waals surface area contributed by atoms with Crippen molar-refractivity contribution in [3.8, 4) is 0 Å². The number of amides is 2. The number of fused-ring (bicyclic) bond motifs is 1. The number of likely N-dealkylation sites (tertiary alicyclic amines) is 1. The van der Waals surface area contributed by atoms with Crippen LogP contribution in [-0.4, -0.2) is 51.2 Å². The second kappa shape index (κ2) is 7.18. The normalized spacial score (nSPS) is 14.4. The number of carbonyl (C=O) groups excluding carboxylic acids is 2. The summed E-state index contributed by atoms with van der Waals surface area (Å²) in [6.07, 6.45) is 2.06. The van der Waals surface area contributed by atoms with E-state index < -0.39 is 0 Å². The van der Waals surface area contributed by atoms with Crippen LogP contribution in [0.15, 0.2) is 28.9 Å². The molecule has 0 aliphatic carbocycles. The summed E-state index contributed by atoms with van der Waals surface area (Å²) in [4.78, 5) is 46.8. The molecule has 7 nitrogen and oxygen atoms in total. The van der Waals surface area contributed by atoms with Gasteiger partial charge in [0.25, 0.3) is 5.56 Å². The van der Waals surface area contributed by atoms with Crippen LogP contribution in [0.25, 0.3) is 10.2 Å². The molecule has 0 aromatic carbocycles. The maximum absolute atomic E-state index is 12.7. The zero-order chi connectivity index (χ0) is 18.0. The van der Waals surface area contributed by atoms with Gasteiger partial charge in [-0.25, -0.2) is 4.98 Å². The number of hydrogen-bond donors (Lipinski definition) is 1. The van der Waals surface area contributed by atoms with Crippen molar-refractivity contribution >= 4 is 33.4 Å². The van der Waals surface area contributed by atoms with Crippen LogP contribution >= 0.6 is 11.3 Å². The summed E-state index contributed by atoms with van der Waals surface area (Å²) in [6, 6.07) is 1.80. The average molecular weight is 360 g/mol. The van der Waals surface area contributed by atoms with Crippen molar-refractivity contribution in [3.63, 3.8) is 0 Å². The van der Waals surface area contributed by atoms with Crippen molar-refractivity contribution in [2.45, 2.75) is 19.9 Å².